The summed E-state index contributed by atoms with van der Waals surface area (Å²) in [5.74, 6) is 0.437. The van der Waals surface area contributed by atoms with E-state index >= 15 is 0 Å². The Morgan fingerprint density at radius 3 is 2.81 bits per heavy atom. The van der Waals surface area contributed by atoms with E-state index in [9.17, 15) is 4.39 Å². The second-order valence-electron chi connectivity index (χ2n) is 4.52. The van der Waals surface area contributed by atoms with Crippen molar-refractivity contribution >= 4 is 0 Å². The molecule has 1 aliphatic rings. The topological polar surface area (TPSA) is 35.2 Å². The molecule has 2 rings (SSSR count). The number of ether oxygens (including phenoxy) is 1. The Morgan fingerprint density at radius 2 is 2.19 bits per heavy atom. The molecule has 1 saturated carbocycles. The normalized spacial score (nSPS) is 25.4. The maximum atomic E-state index is 13.5. The fourth-order valence-electron chi connectivity index (χ4n) is 2.47. The summed E-state index contributed by atoms with van der Waals surface area (Å²) in [6.45, 7) is 0. The van der Waals surface area contributed by atoms with Crippen LogP contribution in [0.5, 0.6) is 5.75 Å². The summed E-state index contributed by atoms with van der Waals surface area (Å²) in [7, 11) is 1.48. The molecule has 16 heavy (non-hydrogen) atoms. The number of methoxy groups -OCH3 is 1. The molecule has 1 aliphatic carbocycles. The molecule has 1 fully saturated rings. The molecule has 1 aromatic carbocycles. The molecule has 1 aromatic rings. The van der Waals surface area contributed by atoms with Gasteiger partial charge in [-0.1, -0.05) is 12.5 Å². The van der Waals surface area contributed by atoms with Crippen LogP contribution in [0.25, 0.3) is 0 Å². The van der Waals surface area contributed by atoms with Crippen LogP contribution in [-0.2, 0) is 0 Å². The molecule has 3 heteroatoms. The number of hydrogen-bond donors (Lipinski definition) is 1. The molecule has 88 valence electrons. The molecule has 0 aromatic heterocycles. The molecule has 2 unspecified atom stereocenters. The molecule has 2 atom stereocenters. The molecule has 0 heterocycles. The number of benzene rings is 1. The Kier molecular flexibility index (Phi) is 3.44. The van der Waals surface area contributed by atoms with Gasteiger partial charge in [-0.05, 0) is 42.9 Å². The van der Waals surface area contributed by atoms with E-state index in [1.54, 1.807) is 12.1 Å². The molecule has 0 radical (unpaired) electrons. The van der Waals surface area contributed by atoms with E-state index in [0.29, 0.717) is 11.7 Å². The average molecular weight is 223 g/mol. The van der Waals surface area contributed by atoms with E-state index in [0.717, 1.165) is 31.2 Å². The highest BCUT2D eigenvalue weighted by Crippen LogP contribution is 2.33. The Labute approximate surface area is 95.6 Å². The highest BCUT2D eigenvalue weighted by molar-refractivity contribution is 5.31. The largest absolute Gasteiger partial charge is 0.494 e. The van der Waals surface area contributed by atoms with Gasteiger partial charge in [0.05, 0.1) is 7.11 Å². The predicted molar refractivity (Wildman–Crippen MR) is 62.1 cm³/mol. The number of halogens is 1. The van der Waals surface area contributed by atoms with Gasteiger partial charge in [0.1, 0.15) is 0 Å². The van der Waals surface area contributed by atoms with Crippen LogP contribution in [0.1, 0.15) is 37.2 Å². The smallest absolute Gasteiger partial charge is 0.165 e. The summed E-state index contributed by atoms with van der Waals surface area (Å²) >= 11 is 0. The Morgan fingerprint density at radius 1 is 1.38 bits per heavy atom. The minimum atomic E-state index is -0.279. The maximum Gasteiger partial charge on any atom is 0.165 e. The molecule has 2 N–H and O–H groups in total. The molecular formula is C13H18FNO. The highest BCUT2D eigenvalue weighted by Gasteiger charge is 2.21. The number of nitrogens with two attached hydrogens (primary N) is 1. The van der Waals surface area contributed by atoms with Gasteiger partial charge in [0.2, 0.25) is 0 Å². The lowest BCUT2D eigenvalue weighted by Crippen LogP contribution is -2.26. The van der Waals surface area contributed by atoms with E-state index in [2.05, 4.69) is 0 Å². The van der Waals surface area contributed by atoms with Crippen molar-refractivity contribution in [2.45, 2.75) is 37.6 Å². The number of hydrogen-bond acceptors (Lipinski definition) is 2. The van der Waals surface area contributed by atoms with E-state index in [1.165, 1.54) is 7.11 Å². The van der Waals surface area contributed by atoms with Gasteiger partial charge in [-0.2, -0.15) is 0 Å². The molecule has 2 nitrogen and oxygen atoms in total. The third kappa shape index (κ3) is 2.35. The van der Waals surface area contributed by atoms with Crippen molar-refractivity contribution < 1.29 is 9.13 Å². The first kappa shape index (κ1) is 11.4. The maximum absolute atomic E-state index is 13.5. The van der Waals surface area contributed by atoms with Gasteiger partial charge in [-0.15, -0.1) is 0 Å². The first-order chi connectivity index (χ1) is 7.70. The van der Waals surface area contributed by atoms with Crippen molar-refractivity contribution in [1.29, 1.82) is 0 Å². The molecule has 0 spiro atoms. The van der Waals surface area contributed by atoms with Crippen LogP contribution in [0, 0.1) is 5.82 Å². The van der Waals surface area contributed by atoms with Gasteiger partial charge in [0.15, 0.2) is 11.6 Å². The monoisotopic (exact) mass is 223 g/mol. The summed E-state index contributed by atoms with van der Waals surface area (Å²) in [6.07, 6.45) is 4.31. The summed E-state index contributed by atoms with van der Waals surface area (Å²) in [5, 5.41) is 0. The van der Waals surface area contributed by atoms with Crippen LogP contribution in [0.2, 0.25) is 0 Å². The van der Waals surface area contributed by atoms with Gasteiger partial charge in [-0.25, -0.2) is 4.39 Å². The predicted octanol–water partition coefficient (Wildman–Crippen LogP) is 2.82. The second kappa shape index (κ2) is 4.83. The quantitative estimate of drug-likeness (QED) is 0.836. The third-order valence-corrected chi connectivity index (χ3v) is 3.36. The van der Waals surface area contributed by atoms with Crippen LogP contribution < -0.4 is 10.5 Å². The lowest BCUT2D eigenvalue weighted by Gasteiger charge is -2.27. The van der Waals surface area contributed by atoms with E-state index in [1.807, 2.05) is 6.07 Å². The summed E-state index contributed by atoms with van der Waals surface area (Å²) in [6, 6.07) is 5.50. The van der Waals surface area contributed by atoms with Crippen LogP contribution in [0.3, 0.4) is 0 Å². The zero-order valence-corrected chi connectivity index (χ0v) is 9.58. The van der Waals surface area contributed by atoms with Crippen LogP contribution >= 0.6 is 0 Å². The SMILES string of the molecule is COc1ccc(C2CCCC(N)C2)cc1F. The first-order valence-electron chi connectivity index (χ1n) is 5.79. The molecule has 0 saturated heterocycles. The Bertz CT molecular complexity index is 367. The Hall–Kier alpha value is -1.09. The highest BCUT2D eigenvalue weighted by atomic mass is 19.1. The minimum absolute atomic E-state index is 0.268. The summed E-state index contributed by atoms with van der Waals surface area (Å²) in [4.78, 5) is 0. The van der Waals surface area contributed by atoms with Crippen molar-refractivity contribution in [2.75, 3.05) is 7.11 Å². The van der Waals surface area contributed by atoms with Gasteiger partial charge in [0.25, 0.3) is 0 Å². The van der Waals surface area contributed by atoms with Crippen molar-refractivity contribution in [3.63, 3.8) is 0 Å². The van der Waals surface area contributed by atoms with Gasteiger partial charge in [-0.3, -0.25) is 0 Å². The second-order valence-corrected chi connectivity index (χ2v) is 4.52. The van der Waals surface area contributed by atoms with Crippen molar-refractivity contribution in [2.24, 2.45) is 5.73 Å². The number of rotatable bonds is 2. The summed E-state index contributed by atoms with van der Waals surface area (Å²) < 4.78 is 18.5. The Balaban J connectivity index is 2.17. The fraction of sp³-hybridized carbons (Fsp3) is 0.538. The average Bonchev–Trinajstić information content (AvgIpc) is 2.29. The van der Waals surface area contributed by atoms with E-state index < -0.39 is 0 Å². The standard InChI is InChI=1S/C13H18FNO/c1-16-13-6-5-10(8-12(13)14)9-3-2-4-11(15)7-9/h5-6,8-9,11H,2-4,7,15H2,1H3. The van der Waals surface area contributed by atoms with E-state index in [4.69, 9.17) is 10.5 Å². The van der Waals surface area contributed by atoms with Crippen LogP contribution in [0.4, 0.5) is 4.39 Å². The third-order valence-electron chi connectivity index (χ3n) is 3.36. The van der Waals surface area contributed by atoms with Crippen LogP contribution in [0.15, 0.2) is 18.2 Å². The molecule has 0 aliphatic heterocycles. The van der Waals surface area contributed by atoms with Crippen molar-refractivity contribution in [3.05, 3.63) is 29.6 Å². The van der Waals surface area contributed by atoms with Crippen molar-refractivity contribution in [3.8, 4) is 5.75 Å². The van der Waals surface area contributed by atoms with Gasteiger partial charge >= 0.3 is 0 Å². The zero-order chi connectivity index (χ0) is 11.5. The van der Waals surface area contributed by atoms with Crippen LogP contribution in [-0.4, -0.2) is 13.2 Å². The molecule has 0 bridgehead atoms. The van der Waals surface area contributed by atoms with Gasteiger partial charge in [0, 0.05) is 6.04 Å². The minimum Gasteiger partial charge on any atom is -0.494 e. The van der Waals surface area contributed by atoms with Crippen molar-refractivity contribution in [1.82, 2.24) is 0 Å². The lowest BCUT2D eigenvalue weighted by atomic mass is 9.82. The first-order valence-corrected chi connectivity index (χ1v) is 5.79. The fourth-order valence-corrected chi connectivity index (χ4v) is 2.47. The molecular weight excluding hydrogens is 205 g/mol. The van der Waals surface area contributed by atoms with E-state index in [-0.39, 0.29) is 11.9 Å². The zero-order valence-electron chi connectivity index (χ0n) is 9.58. The molecule has 0 amide bonds. The van der Waals surface area contributed by atoms with Gasteiger partial charge < -0.3 is 10.5 Å². The lowest BCUT2D eigenvalue weighted by molar-refractivity contribution is 0.379. The summed E-state index contributed by atoms with van der Waals surface area (Å²) in [5.41, 5.74) is 6.99.